The summed E-state index contributed by atoms with van der Waals surface area (Å²) < 4.78 is 16.9. The Kier molecular flexibility index (Phi) is 8.06. The third-order valence-corrected chi connectivity index (χ3v) is 5.39. The summed E-state index contributed by atoms with van der Waals surface area (Å²) in [5.41, 5.74) is 2.26. The van der Waals surface area contributed by atoms with Gasteiger partial charge in [0, 0.05) is 28.8 Å². The van der Waals surface area contributed by atoms with Gasteiger partial charge in [-0.3, -0.25) is 4.98 Å². The van der Waals surface area contributed by atoms with Crippen LogP contribution in [0.3, 0.4) is 0 Å². The van der Waals surface area contributed by atoms with Crippen LogP contribution in [0.4, 0.5) is 21.9 Å². The van der Waals surface area contributed by atoms with Crippen LogP contribution < -0.4 is 24.8 Å². The number of fused-ring (bicyclic) bond motifs is 1. The molecule has 1 heterocycles. The standard InChI is InChI=1S/C27H23ClN4O4/c1-29-24-16-22-23(17-26(24)35-15-3-13-28)30-14-12-25(22)36-21-10-6-19(7-11-21)32-27(33)31-18-4-8-20(34-2)9-5-18/h4-12,14,16-17H,3,13,15H2,2H3,(H2,31,32,33). The lowest BCUT2D eigenvalue weighted by Gasteiger charge is -2.13. The van der Waals surface area contributed by atoms with E-state index in [4.69, 9.17) is 32.4 Å². The first-order chi connectivity index (χ1) is 17.6. The number of ether oxygens (including phenoxy) is 3. The number of hydrogen-bond donors (Lipinski definition) is 2. The fraction of sp³-hybridized carbons (Fsp3) is 0.148. The summed E-state index contributed by atoms with van der Waals surface area (Å²) in [6.45, 7) is 7.94. The van der Waals surface area contributed by atoms with Crippen molar-refractivity contribution in [3.63, 3.8) is 0 Å². The van der Waals surface area contributed by atoms with E-state index in [-0.39, 0.29) is 6.03 Å². The van der Waals surface area contributed by atoms with Crippen LogP contribution in [0.15, 0.2) is 72.9 Å². The van der Waals surface area contributed by atoms with Crippen molar-refractivity contribution in [1.29, 1.82) is 0 Å². The van der Waals surface area contributed by atoms with E-state index < -0.39 is 0 Å². The van der Waals surface area contributed by atoms with Crippen molar-refractivity contribution in [1.82, 2.24) is 4.98 Å². The van der Waals surface area contributed by atoms with Gasteiger partial charge < -0.3 is 24.8 Å². The summed E-state index contributed by atoms with van der Waals surface area (Å²) in [5, 5.41) is 6.23. The molecule has 0 saturated heterocycles. The van der Waals surface area contributed by atoms with Crippen LogP contribution in [0.25, 0.3) is 15.7 Å². The molecule has 2 amide bonds. The number of nitrogens with one attached hydrogen (secondary N) is 2. The molecule has 0 unspecified atom stereocenters. The molecule has 0 fully saturated rings. The van der Waals surface area contributed by atoms with Crippen LogP contribution in [-0.2, 0) is 0 Å². The van der Waals surface area contributed by atoms with Gasteiger partial charge in [0.25, 0.3) is 0 Å². The quantitative estimate of drug-likeness (QED) is 0.143. The highest BCUT2D eigenvalue weighted by atomic mass is 35.5. The Morgan fingerprint density at radius 3 is 2.25 bits per heavy atom. The fourth-order valence-corrected chi connectivity index (χ4v) is 3.48. The van der Waals surface area contributed by atoms with E-state index in [9.17, 15) is 4.79 Å². The summed E-state index contributed by atoms with van der Waals surface area (Å²) in [5.74, 6) is 2.78. The van der Waals surface area contributed by atoms with Crippen molar-refractivity contribution < 1.29 is 19.0 Å². The second-order valence-corrected chi connectivity index (χ2v) is 7.96. The van der Waals surface area contributed by atoms with E-state index in [2.05, 4.69) is 20.5 Å². The number of anilines is 2. The third-order valence-electron chi connectivity index (χ3n) is 5.13. The molecular weight excluding hydrogens is 480 g/mol. The number of benzene rings is 3. The Morgan fingerprint density at radius 2 is 1.64 bits per heavy atom. The zero-order valence-corrected chi connectivity index (χ0v) is 20.2. The van der Waals surface area contributed by atoms with Crippen LogP contribution in [-0.4, -0.2) is 30.6 Å². The lowest BCUT2D eigenvalue weighted by molar-refractivity contribution is 0.262. The molecule has 0 bridgehead atoms. The van der Waals surface area contributed by atoms with Gasteiger partial charge in [-0.05, 0) is 73.2 Å². The molecule has 0 radical (unpaired) electrons. The van der Waals surface area contributed by atoms with Crippen LogP contribution in [0.2, 0.25) is 0 Å². The predicted molar refractivity (Wildman–Crippen MR) is 141 cm³/mol. The highest BCUT2D eigenvalue weighted by molar-refractivity contribution is 6.17. The minimum atomic E-state index is -0.371. The molecular formula is C27H23ClN4O4. The topological polar surface area (TPSA) is 86.1 Å². The predicted octanol–water partition coefficient (Wildman–Crippen LogP) is 7.24. The number of hydrogen-bond acceptors (Lipinski definition) is 5. The number of carbonyl (C=O) groups excluding carboxylic acids is 1. The smallest absolute Gasteiger partial charge is 0.323 e. The lowest BCUT2D eigenvalue weighted by Crippen LogP contribution is -2.19. The molecule has 0 atom stereocenters. The number of alkyl halides is 1. The van der Waals surface area contributed by atoms with E-state index in [0.29, 0.717) is 69.9 Å². The van der Waals surface area contributed by atoms with Crippen LogP contribution in [0.5, 0.6) is 23.0 Å². The molecule has 8 nitrogen and oxygen atoms in total. The maximum Gasteiger partial charge on any atom is 0.323 e. The van der Waals surface area contributed by atoms with Gasteiger partial charge in [0.15, 0.2) is 0 Å². The number of amides is 2. The minimum absolute atomic E-state index is 0.371. The lowest BCUT2D eigenvalue weighted by atomic mass is 10.1. The number of aromatic nitrogens is 1. The molecule has 4 aromatic rings. The minimum Gasteiger partial charge on any atom is -0.504 e. The molecule has 0 spiro atoms. The summed E-state index contributed by atoms with van der Waals surface area (Å²) in [6.07, 6.45) is 2.32. The normalized spacial score (nSPS) is 10.4. The number of carbonyl (C=O) groups is 1. The Labute approximate surface area is 213 Å². The van der Waals surface area contributed by atoms with Crippen molar-refractivity contribution in [2.24, 2.45) is 0 Å². The summed E-state index contributed by atoms with van der Waals surface area (Å²) in [7, 11) is 1.58. The zero-order valence-electron chi connectivity index (χ0n) is 19.5. The highest BCUT2D eigenvalue weighted by Gasteiger charge is 2.12. The van der Waals surface area contributed by atoms with Crippen LogP contribution in [0, 0.1) is 6.57 Å². The molecule has 182 valence electrons. The number of pyridine rings is 1. The van der Waals surface area contributed by atoms with E-state index in [1.54, 1.807) is 80.0 Å². The maximum absolute atomic E-state index is 12.3. The van der Waals surface area contributed by atoms with Crippen LogP contribution in [0.1, 0.15) is 6.42 Å². The molecule has 0 aliphatic rings. The molecule has 1 aromatic heterocycles. The Bertz CT molecular complexity index is 1390. The molecule has 36 heavy (non-hydrogen) atoms. The maximum atomic E-state index is 12.3. The molecule has 4 rings (SSSR count). The number of urea groups is 1. The van der Waals surface area contributed by atoms with Crippen molar-refractivity contribution in [2.75, 3.05) is 30.2 Å². The summed E-state index contributed by atoms with van der Waals surface area (Å²) in [4.78, 5) is 20.3. The van der Waals surface area contributed by atoms with Gasteiger partial charge >= 0.3 is 6.03 Å². The van der Waals surface area contributed by atoms with Crippen LogP contribution >= 0.6 is 11.6 Å². The van der Waals surface area contributed by atoms with Gasteiger partial charge in [-0.25, -0.2) is 9.64 Å². The SMILES string of the molecule is [C-]#[N+]c1cc2c(Oc3ccc(NC(=O)Nc4ccc(OC)cc4)cc3)ccnc2cc1OCCCCl. The monoisotopic (exact) mass is 502 g/mol. The molecule has 2 N–H and O–H groups in total. The van der Waals surface area contributed by atoms with Gasteiger partial charge in [-0.1, -0.05) is 0 Å². The Hall–Kier alpha value is -4.48. The average Bonchev–Trinajstić information content (AvgIpc) is 2.90. The molecule has 0 saturated carbocycles. The van der Waals surface area contributed by atoms with Crippen molar-refractivity contribution in [3.05, 3.63) is 84.3 Å². The molecule has 0 aliphatic heterocycles. The van der Waals surface area contributed by atoms with Crippen molar-refractivity contribution in [3.8, 4) is 23.0 Å². The van der Waals surface area contributed by atoms with E-state index in [1.165, 1.54) is 0 Å². The van der Waals surface area contributed by atoms with Gasteiger partial charge in [-0.15, -0.1) is 11.6 Å². The number of nitrogens with zero attached hydrogens (tertiary/aromatic N) is 2. The highest BCUT2D eigenvalue weighted by Crippen LogP contribution is 2.37. The second kappa shape index (κ2) is 11.8. The third kappa shape index (κ3) is 6.14. The molecule has 0 aliphatic carbocycles. The Morgan fingerprint density at radius 1 is 0.972 bits per heavy atom. The molecule has 3 aromatic carbocycles. The van der Waals surface area contributed by atoms with Crippen molar-refractivity contribution >= 4 is 45.6 Å². The Balaban J connectivity index is 1.44. The summed E-state index contributed by atoms with van der Waals surface area (Å²) >= 11 is 5.71. The first-order valence-corrected chi connectivity index (χ1v) is 11.6. The fourth-order valence-electron chi connectivity index (χ4n) is 3.37. The average molecular weight is 503 g/mol. The van der Waals surface area contributed by atoms with Gasteiger partial charge in [0.2, 0.25) is 5.69 Å². The molecule has 9 heteroatoms. The summed E-state index contributed by atoms with van der Waals surface area (Å²) in [6, 6.07) is 18.8. The second-order valence-electron chi connectivity index (χ2n) is 7.58. The van der Waals surface area contributed by atoms with Gasteiger partial charge in [0.1, 0.15) is 23.0 Å². The zero-order chi connectivity index (χ0) is 25.3. The van der Waals surface area contributed by atoms with Gasteiger partial charge in [-0.2, -0.15) is 0 Å². The van der Waals surface area contributed by atoms with Crippen molar-refractivity contribution in [2.45, 2.75) is 6.42 Å². The largest absolute Gasteiger partial charge is 0.504 e. The number of halogens is 1. The number of methoxy groups -OCH3 is 1. The van der Waals surface area contributed by atoms with E-state index in [0.717, 1.165) is 0 Å². The number of rotatable bonds is 9. The van der Waals surface area contributed by atoms with Gasteiger partial charge in [0.05, 0.1) is 25.8 Å². The first-order valence-electron chi connectivity index (χ1n) is 11.1. The van der Waals surface area contributed by atoms with E-state index >= 15 is 0 Å². The first kappa shape index (κ1) is 24.6. The van der Waals surface area contributed by atoms with E-state index in [1.807, 2.05) is 0 Å².